The molecule has 8 aromatic heterocycles. The second-order valence-corrected chi connectivity index (χ2v) is 22.5. The van der Waals surface area contributed by atoms with Gasteiger partial charge in [-0.2, -0.15) is 0 Å². The molecule has 12 aromatic rings. The molecule has 0 unspecified atom stereocenters. The summed E-state index contributed by atoms with van der Waals surface area (Å²) in [5.41, 5.74) is 8.63. The van der Waals surface area contributed by atoms with E-state index in [1.807, 2.05) is 86.6 Å². The highest BCUT2D eigenvalue weighted by molar-refractivity contribution is 7.09. The Morgan fingerprint density at radius 2 is 0.968 bits per heavy atom. The molecule has 0 fully saturated rings. The second-order valence-electron chi connectivity index (χ2n) is 20.7. The highest BCUT2D eigenvalue weighted by Gasteiger charge is 2.17. The van der Waals surface area contributed by atoms with Crippen LogP contribution in [0, 0.1) is 19.7 Å². The van der Waals surface area contributed by atoms with Gasteiger partial charge in [0, 0.05) is 97.8 Å². The second kappa shape index (κ2) is 34.4. The van der Waals surface area contributed by atoms with Gasteiger partial charge in [-0.25, -0.2) is 49.2 Å². The van der Waals surface area contributed by atoms with Crippen LogP contribution < -0.4 is 19.1 Å². The normalized spacial score (nSPS) is 10.4. The Kier molecular flexibility index (Phi) is 24.6. The van der Waals surface area contributed by atoms with E-state index in [-0.39, 0.29) is 53.7 Å². The lowest BCUT2D eigenvalue weighted by molar-refractivity contribution is 0.0983. The Bertz CT molecular complexity index is 4540. The first-order valence-corrected chi connectivity index (χ1v) is 30.8. The summed E-state index contributed by atoms with van der Waals surface area (Å²) in [6.45, 7) is 5.90. The van der Waals surface area contributed by atoms with Gasteiger partial charge in [-0.1, -0.05) is 48.3 Å². The van der Waals surface area contributed by atoms with E-state index in [9.17, 15) is 23.6 Å². The molecule has 24 heteroatoms. The number of rotatable bonds is 21. The van der Waals surface area contributed by atoms with Crippen LogP contribution in [0.1, 0.15) is 87.3 Å². The van der Waals surface area contributed by atoms with Crippen LogP contribution in [-0.2, 0) is 32.1 Å². The molecule has 0 radical (unpaired) electrons. The van der Waals surface area contributed by atoms with Crippen molar-refractivity contribution >= 4 is 69.0 Å². The van der Waals surface area contributed by atoms with Gasteiger partial charge in [0.05, 0.1) is 80.9 Å². The molecule has 0 N–H and O–H groups in total. The largest absolute Gasteiger partial charge is 0.454 e. The third-order valence-electron chi connectivity index (χ3n) is 13.4. The van der Waals surface area contributed by atoms with E-state index in [2.05, 4.69) is 59.8 Å². The van der Waals surface area contributed by atoms with Gasteiger partial charge in [-0.05, 0) is 128 Å². The molecule has 476 valence electrons. The zero-order chi connectivity index (χ0) is 66.9. The summed E-state index contributed by atoms with van der Waals surface area (Å²) in [4.78, 5) is 99.8. The predicted molar refractivity (Wildman–Crippen MR) is 358 cm³/mol. The maximum Gasteiger partial charge on any atom is 0.169 e. The minimum atomic E-state index is -0.548. The molecule has 0 aliphatic heterocycles. The Morgan fingerprint density at radius 1 is 0.463 bits per heavy atom. The van der Waals surface area contributed by atoms with Crippen molar-refractivity contribution < 1.29 is 37.8 Å². The lowest BCUT2D eigenvalue weighted by Gasteiger charge is -2.19. The Morgan fingerprint density at radius 3 is 1.55 bits per heavy atom. The summed E-state index contributed by atoms with van der Waals surface area (Å²) in [5.74, 6) is 1.75. The molecule has 0 aliphatic carbocycles. The fourth-order valence-corrected chi connectivity index (χ4v) is 9.95. The number of anilines is 2. The van der Waals surface area contributed by atoms with Crippen molar-refractivity contribution in [3.05, 3.63) is 297 Å². The minimum absolute atomic E-state index is 0.0136. The number of carbonyl (C=O) groups excluding carboxylic acids is 4. The van der Waals surface area contributed by atoms with Crippen molar-refractivity contribution in [3.63, 3.8) is 0 Å². The summed E-state index contributed by atoms with van der Waals surface area (Å²) in [6.07, 6.45) is 25.0. The molecule has 0 aliphatic rings. The molecular weight excluding hydrogens is 1270 g/mol. The van der Waals surface area contributed by atoms with Gasteiger partial charge >= 0.3 is 0 Å². The van der Waals surface area contributed by atoms with E-state index in [0.717, 1.165) is 51.0 Å². The molecule has 0 saturated heterocycles. The Labute approximate surface area is 560 Å². The Hall–Kier alpha value is -11.3. The minimum Gasteiger partial charge on any atom is -0.454 e. The summed E-state index contributed by atoms with van der Waals surface area (Å²) in [5, 5.41) is 3.59. The van der Waals surface area contributed by atoms with Crippen molar-refractivity contribution in [2.75, 3.05) is 11.9 Å². The fourth-order valence-electron chi connectivity index (χ4n) is 8.88. The van der Waals surface area contributed by atoms with E-state index < -0.39 is 5.82 Å². The summed E-state index contributed by atoms with van der Waals surface area (Å²) >= 11 is 13.8. The highest BCUT2D eigenvalue weighted by Crippen LogP contribution is 2.30. The summed E-state index contributed by atoms with van der Waals surface area (Å²) in [6, 6.07) is 34.4. The number of pyridine rings is 3. The predicted octanol–water partition coefficient (Wildman–Crippen LogP) is 15.0. The van der Waals surface area contributed by atoms with Crippen molar-refractivity contribution in [1.29, 1.82) is 0 Å². The van der Waals surface area contributed by atoms with Crippen molar-refractivity contribution in [2.24, 2.45) is 0 Å². The molecule has 8 heterocycles. The SMILES string of the molecule is CCc1ccnc(CC(=O)c2cc(F)cc(Oc3cncnc3)c2)c1.Cc1cccc(CC(=O)c2cc(Cl)cc(Oc3cncnc3)c2)n1.Cc1ccnc(CC(=O)c2cc(Cl)cc(N(C)c3cncnc3)c2)c1.O=C(Cc1nccs1)c1cccc(Oc2cncnc2)c1. The Balaban J connectivity index is 0.000000149. The molecule has 0 spiro atoms. The van der Waals surface area contributed by atoms with Crippen LogP contribution in [0.5, 0.6) is 34.5 Å². The smallest absolute Gasteiger partial charge is 0.169 e. The number of carbonyl (C=O) groups is 4. The van der Waals surface area contributed by atoms with Gasteiger partial charge in [-0.15, -0.1) is 11.3 Å². The maximum atomic E-state index is 13.9. The quantitative estimate of drug-likeness (QED) is 0.0606. The molecule has 0 amide bonds. The number of benzene rings is 4. The van der Waals surface area contributed by atoms with Crippen LogP contribution in [-0.4, -0.2) is 90.0 Å². The standard InChI is InChI=1S/C19H17ClN4O.C19H16FN3O2.C18H14ClN3O2.C15H11N3O2S/c1-13-3-4-23-16(5-13)9-19(25)14-6-15(20)8-17(7-14)24(2)18-10-21-12-22-11-18;1-2-13-3-4-23-16(5-13)9-19(24)14-6-15(20)8-17(7-14)25-18-10-21-12-22-11-18;1-12-3-2-4-15(22-12)8-18(23)13-5-14(19)7-16(6-13)24-17-9-20-11-21-10-17;19-14(7-15-18-4-5-21-15)11-2-1-3-12(6-11)20-13-8-16-10-17-9-13/h3-8,10-12H,9H2,1-2H3;3-8,10-12H,2,9H2,1H3;2-7,9-11H,8H2,1H3;1-6,8-10H,7H2. The summed E-state index contributed by atoms with van der Waals surface area (Å²) < 4.78 is 30.6. The fraction of sp³-hybridized carbons (Fsp3) is 0.127. The molecule has 95 heavy (non-hydrogen) atoms. The average molecular weight is 1330 g/mol. The van der Waals surface area contributed by atoms with Crippen LogP contribution in [0.25, 0.3) is 0 Å². The first-order valence-electron chi connectivity index (χ1n) is 29.2. The van der Waals surface area contributed by atoms with E-state index in [1.165, 1.54) is 79.6 Å². The number of hydrogen-bond donors (Lipinski definition) is 0. The van der Waals surface area contributed by atoms with E-state index in [0.29, 0.717) is 67.6 Å². The van der Waals surface area contributed by atoms with Crippen LogP contribution in [0.3, 0.4) is 0 Å². The number of hydrogen-bond acceptors (Lipinski definition) is 21. The molecule has 0 atom stereocenters. The first-order chi connectivity index (χ1) is 46.1. The van der Waals surface area contributed by atoms with Gasteiger partial charge in [0.15, 0.2) is 40.4 Å². The number of aryl methyl sites for hydroxylation is 3. The van der Waals surface area contributed by atoms with Gasteiger partial charge in [0.2, 0.25) is 0 Å². The van der Waals surface area contributed by atoms with Crippen LogP contribution in [0.4, 0.5) is 15.8 Å². The number of ether oxygens (including phenoxy) is 3. The third-order valence-corrected chi connectivity index (χ3v) is 14.6. The lowest BCUT2D eigenvalue weighted by Crippen LogP contribution is -2.12. The topological polar surface area (TPSA) is 254 Å². The molecule has 0 bridgehead atoms. The summed E-state index contributed by atoms with van der Waals surface area (Å²) in [7, 11) is 1.88. The number of thiazole rings is 1. The van der Waals surface area contributed by atoms with Crippen LogP contribution in [0.2, 0.25) is 10.0 Å². The van der Waals surface area contributed by atoms with Crippen LogP contribution in [0.15, 0.2) is 220 Å². The third kappa shape index (κ3) is 21.6. The molecule has 20 nitrogen and oxygen atoms in total. The van der Waals surface area contributed by atoms with Crippen molar-refractivity contribution in [2.45, 2.75) is 52.9 Å². The van der Waals surface area contributed by atoms with Crippen LogP contribution >= 0.6 is 34.5 Å². The number of ketones is 4. The number of nitrogens with zero attached hydrogens (tertiary/aromatic N) is 13. The average Bonchev–Trinajstić information content (AvgIpc) is 1.11. The number of Topliss-reactive ketones (excluding diaryl/α,β-unsaturated/α-hetero) is 4. The van der Waals surface area contributed by atoms with Gasteiger partial charge in [-0.3, -0.25) is 34.1 Å². The van der Waals surface area contributed by atoms with Gasteiger partial charge < -0.3 is 19.1 Å². The lowest BCUT2D eigenvalue weighted by atomic mass is 10.0. The first kappa shape index (κ1) is 68.0. The molecular formula is C71H58Cl2FN13O7S. The van der Waals surface area contributed by atoms with Gasteiger partial charge in [0.25, 0.3) is 0 Å². The number of halogens is 3. The molecule has 12 rings (SSSR count). The maximum absolute atomic E-state index is 13.9. The number of aromatic nitrogens is 12. The highest BCUT2D eigenvalue weighted by atomic mass is 35.5. The van der Waals surface area contributed by atoms with Crippen molar-refractivity contribution in [1.82, 2.24) is 59.8 Å². The molecule has 4 aromatic carbocycles. The van der Waals surface area contributed by atoms with Crippen molar-refractivity contribution in [3.8, 4) is 34.5 Å². The van der Waals surface area contributed by atoms with E-state index in [4.69, 9.17) is 37.4 Å². The zero-order valence-electron chi connectivity index (χ0n) is 51.5. The van der Waals surface area contributed by atoms with E-state index in [1.54, 1.807) is 98.0 Å². The molecule has 0 saturated carbocycles. The zero-order valence-corrected chi connectivity index (χ0v) is 53.9. The monoisotopic (exact) mass is 1330 g/mol. The van der Waals surface area contributed by atoms with Gasteiger partial charge in [0.1, 0.15) is 53.4 Å². The van der Waals surface area contributed by atoms with E-state index >= 15 is 0 Å².